The molecule has 94 valence electrons. The molecule has 0 radical (unpaired) electrons. The zero-order valence-corrected chi connectivity index (χ0v) is 11.1. The van der Waals surface area contributed by atoms with E-state index in [2.05, 4.69) is 15.6 Å². The Bertz CT molecular complexity index is 403. The molecule has 1 heterocycles. The third-order valence-electron chi connectivity index (χ3n) is 2.24. The number of aromatic nitrogens is 1. The monoisotopic (exact) mass is 255 g/mol. The molecule has 1 rings (SSSR count). The first-order valence-corrected chi connectivity index (χ1v) is 6.40. The van der Waals surface area contributed by atoms with Crippen molar-refractivity contribution in [3.05, 3.63) is 11.1 Å². The highest BCUT2D eigenvalue weighted by Gasteiger charge is 2.14. The number of carbonyl (C=O) groups is 2. The second kappa shape index (κ2) is 6.46. The fraction of sp³-hybridized carbons (Fsp3) is 0.545. The van der Waals surface area contributed by atoms with E-state index in [1.165, 1.54) is 18.3 Å². The largest absolute Gasteiger partial charge is 0.316 e. The van der Waals surface area contributed by atoms with Crippen molar-refractivity contribution in [2.24, 2.45) is 5.92 Å². The SMILES string of the molecule is CCNCC(C)C(=O)Nc1nc(C(C)=O)cs1. The molecule has 2 N–H and O–H groups in total. The first kappa shape index (κ1) is 13.8. The van der Waals surface area contributed by atoms with Gasteiger partial charge in [0.2, 0.25) is 5.91 Å². The number of nitrogens with one attached hydrogen (secondary N) is 2. The predicted octanol–water partition coefficient (Wildman–Crippen LogP) is 1.53. The highest BCUT2D eigenvalue weighted by atomic mass is 32.1. The van der Waals surface area contributed by atoms with Crippen molar-refractivity contribution in [1.82, 2.24) is 10.3 Å². The average Bonchev–Trinajstić information content (AvgIpc) is 2.74. The second-order valence-corrected chi connectivity index (χ2v) is 4.65. The maximum atomic E-state index is 11.7. The molecular weight excluding hydrogens is 238 g/mol. The van der Waals surface area contributed by atoms with Crippen LogP contribution < -0.4 is 10.6 Å². The summed E-state index contributed by atoms with van der Waals surface area (Å²) in [6.07, 6.45) is 0. The van der Waals surface area contributed by atoms with Crippen LogP contribution in [-0.4, -0.2) is 29.8 Å². The fourth-order valence-electron chi connectivity index (χ4n) is 1.17. The summed E-state index contributed by atoms with van der Waals surface area (Å²) in [7, 11) is 0. The van der Waals surface area contributed by atoms with E-state index in [1.54, 1.807) is 5.38 Å². The molecule has 0 aromatic carbocycles. The molecule has 1 unspecified atom stereocenters. The maximum Gasteiger partial charge on any atom is 0.230 e. The Morgan fingerprint density at radius 2 is 2.24 bits per heavy atom. The molecule has 17 heavy (non-hydrogen) atoms. The highest BCUT2D eigenvalue weighted by Crippen LogP contribution is 2.16. The number of hydrogen-bond acceptors (Lipinski definition) is 5. The van der Waals surface area contributed by atoms with Crippen LogP contribution in [0.2, 0.25) is 0 Å². The van der Waals surface area contributed by atoms with E-state index in [1.807, 2.05) is 13.8 Å². The number of ketones is 1. The first-order chi connectivity index (χ1) is 8.04. The van der Waals surface area contributed by atoms with Gasteiger partial charge in [-0.15, -0.1) is 11.3 Å². The van der Waals surface area contributed by atoms with Crippen molar-refractivity contribution in [2.45, 2.75) is 20.8 Å². The van der Waals surface area contributed by atoms with Gasteiger partial charge >= 0.3 is 0 Å². The lowest BCUT2D eigenvalue weighted by atomic mass is 10.1. The van der Waals surface area contributed by atoms with E-state index in [4.69, 9.17) is 0 Å². The average molecular weight is 255 g/mol. The number of hydrogen-bond donors (Lipinski definition) is 2. The fourth-order valence-corrected chi connectivity index (χ4v) is 1.93. The summed E-state index contributed by atoms with van der Waals surface area (Å²) in [5.74, 6) is -0.308. The number of thiazole rings is 1. The Hall–Kier alpha value is -1.27. The second-order valence-electron chi connectivity index (χ2n) is 3.79. The van der Waals surface area contributed by atoms with Crippen molar-refractivity contribution in [3.63, 3.8) is 0 Å². The number of Topliss-reactive ketones (excluding diaryl/α,β-unsaturated/α-hetero) is 1. The number of nitrogens with zero attached hydrogens (tertiary/aromatic N) is 1. The van der Waals surface area contributed by atoms with Crippen molar-refractivity contribution in [3.8, 4) is 0 Å². The molecule has 0 saturated heterocycles. The molecule has 0 aliphatic carbocycles. The van der Waals surface area contributed by atoms with E-state index in [0.717, 1.165) is 6.54 Å². The molecule has 5 nitrogen and oxygen atoms in total. The molecule has 0 spiro atoms. The lowest BCUT2D eigenvalue weighted by Crippen LogP contribution is -2.30. The van der Waals surface area contributed by atoms with Crippen molar-refractivity contribution in [1.29, 1.82) is 0 Å². The lowest BCUT2D eigenvalue weighted by molar-refractivity contribution is -0.119. The molecule has 1 amide bonds. The standard InChI is InChI=1S/C11H17N3O2S/c1-4-12-5-7(2)10(16)14-11-13-9(6-17-11)8(3)15/h6-7,12H,4-5H2,1-3H3,(H,13,14,16). The summed E-state index contributed by atoms with van der Waals surface area (Å²) in [4.78, 5) is 26.8. The molecule has 1 atom stereocenters. The number of carbonyl (C=O) groups excluding carboxylic acids is 2. The maximum absolute atomic E-state index is 11.7. The molecule has 6 heteroatoms. The van der Waals surface area contributed by atoms with Crippen LogP contribution in [0.5, 0.6) is 0 Å². The van der Waals surface area contributed by atoms with Gasteiger partial charge in [0, 0.05) is 24.8 Å². The molecule has 0 aliphatic heterocycles. The molecule has 1 aromatic rings. The van der Waals surface area contributed by atoms with Gasteiger partial charge in [0.1, 0.15) is 5.69 Å². The van der Waals surface area contributed by atoms with E-state index in [0.29, 0.717) is 17.4 Å². The summed E-state index contributed by atoms with van der Waals surface area (Å²) < 4.78 is 0. The third-order valence-corrected chi connectivity index (χ3v) is 3.00. The Morgan fingerprint density at radius 1 is 1.53 bits per heavy atom. The zero-order valence-electron chi connectivity index (χ0n) is 10.2. The summed E-state index contributed by atoms with van der Waals surface area (Å²) in [5.41, 5.74) is 0.393. The van der Waals surface area contributed by atoms with Gasteiger partial charge in [-0.05, 0) is 6.54 Å². The highest BCUT2D eigenvalue weighted by molar-refractivity contribution is 7.14. The first-order valence-electron chi connectivity index (χ1n) is 5.52. The van der Waals surface area contributed by atoms with Crippen molar-refractivity contribution >= 4 is 28.2 Å². The van der Waals surface area contributed by atoms with Crippen molar-refractivity contribution < 1.29 is 9.59 Å². The van der Waals surface area contributed by atoms with Crippen LogP contribution in [0.25, 0.3) is 0 Å². The van der Waals surface area contributed by atoms with Crippen molar-refractivity contribution in [2.75, 3.05) is 18.4 Å². The van der Waals surface area contributed by atoms with Gasteiger partial charge in [-0.3, -0.25) is 9.59 Å². The summed E-state index contributed by atoms with van der Waals surface area (Å²) in [5, 5.41) is 7.93. The minimum atomic E-state index is -0.125. The van der Waals surface area contributed by atoms with Gasteiger partial charge in [0.05, 0.1) is 0 Å². The third kappa shape index (κ3) is 4.24. The van der Waals surface area contributed by atoms with E-state index in [-0.39, 0.29) is 17.6 Å². The van der Waals surface area contributed by atoms with Gasteiger partial charge in [0.25, 0.3) is 0 Å². The van der Waals surface area contributed by atoms with Gasteiger partial charge < -0.3 is 10.6 Å². The van der Waals surface area contributed by atoms with Crippen LogP contribution >= 0.6 is 11.3 Å². The van der Waals surface area contributed by atoms with Crippen LogP contribution in [0.3, 0.4) is 0 Å². The van der Waals surface area contributed by atoms with Crippen LogP contribution in [0.15, 0.2) is 5.38 Å². The van der Waals surface area contributed by atoms with Gasteiger partial charge in [-0.2, -0.15) is 0 Å². The number of amides is 1. The normalized spacial score (nSPS) is 12.2. The Kier molecular flexibility index (Phi) is 5.24. The summed E-state index contributed by atoms with van der Waals surface area (Å²) >= 11 is 1.26. The zero-order chi connectivity index (χ0) is 12.8. The minimum Gasteiger partial charge on any atom is -0.316 e. The predicted molar refractivity (Wildman–Crippen MR) is 68.5 cm³/mol. The van der Waals surface area contributed by atoms with Gasteiger partial charge in [-0.1, -0.05) is 13.8 Å². The molecule has 0 saturated carbocycles. The van der Waals surface area contributed by atoms with Crippen LogP contribution in [0.4, 0.5) is 5.13 Å². The number of anilines is 1. The lowest BCUT2D eigenvalue weighted by Gasteiger charge is -2.10. The van der Waals surface area contributed by atoms with Gasteiger partial charge in [-0.25, -0.2) is 4.98 Å². The molecule has 0 bridgehead atoms. The van der Waals surface area contributed by atoms with E-state index >= 15 is 0 Å². The molecule has 1 aromatic heterocycles. The molecule has 0 fully saturated rings. The number of rotatable bonds is 6. The Morgan fingerprint density at radius 3 is 2.76 bits per heavy atom. The van der Waals surface area contributed by atoms with E-state index in [9.17, 15) is 9.59 Å². The Balaban J connectivity index is 2.52. The topological polar surface area (TPSA) is 71.1 Å². The summed E-state index contributed by atoms with van der Waals surface area (Å²) in [6, 6.07) is 0. The van der Waals surface area contributed by atoms with Gasteiger partial charge in [0.15, 0.2) is 10.9 Å². The Labute approximate surface area is 105 Å². The van der Waals surface area contributed by atoms with E-state index < -0.39 is 0 Å². The quantitative estimate of drug-likeness (QED) is 0.756. The minimum absolute atomic E-state index is 0.0876. The van der Waals surface area contributed by atoms with Crippen LogP contribution in [0.1, 0.15) is 31.3 Å². The van der Waals surface area contributed by atoms with Crippen LogP contribution in [0, 0.1) is 5.92 Å². The summed E-state index contributed by atoms with van der Waals surface area (Å²) in [6.45, 7) is 6.76. The molecular formula is C11H17N3O2S. The molecule has 0 aliphatic rings. The van der Waals surface area contributed by atoms with Crippen LogP contribution in [-0.2, 0) is 4.79 Å². The smallest absolute Gasteiger partial charge is 0.230 e.